The van der Waals surface area contributed by atoms with Crippen LogP contribution in [0, 0.1) is 0 Å². The fourth-order valence-electron chi connectivity index (χ4n) is 4.08. The molecular weight excluding hydrogens is 444 g/mol. The van der Waals surface area contributed by atoms with Crippen molar-refractivity contribution in [2.75, 3.05) is 24.9 Å². The Balaban J connectivity index is 1.58. The Kier molecular flexibility index (Phi) is 5.88. The summed E-state index contributed by atoms with van der Waals surface area (Å²) in [7, 11) is 3.18. The lowest BCUT2D eigenvalue weighted by Crippen LogP contribution is -2.32. The van der Waals surface area contributed by atoms with Gasteiger partial charge >= 0.3 is 0 Å². The molecule has 5 rings (SSSR count). The van der Waals surface area contributed by atoms with Crippen molar-refractivity contribution in [3.8, 4) is 22.9 Å². The van der Waals surface area contributed by atoms with E-state index in [0.717, 1.165) is 5.56 Å². The van der Waals surface area contributed by atoms with Crippen molar-refractivity contribution in [3.63, 3.8) is 0 Å². The highest BCUT2D eigenvalue weighted by Crippen LogP contribution is 2.37. The lowest BCUT2D eigenvalue weighted by atomic mass is 9.98. The van der Waals surface area contributed by atoms with Gasteiger partial charge in [-0.25, -0.2) is 4.68 Å². The molecular formula is C26H24N6O3. The van der Waals surface area contributed by atoms with Gasteiger partial charge in [-0.3, -0.25) is 9.78 Å². The third-order valence-electron chi connectivity index (χ3n) is 5.75. The number of pyridine rings is 1. The zero-order valence-electron chi connectivity index (χ0n) is 19.5. The SMILES string of the molecule is COc1cccc(-c2nc3n(n2)[C@H](c2ccccn2)C(C(=O)Nc2ccccc2OC)=C(C)N3)c1. The fourth-order valence-corrected chi connectivity index (χ4v) is 4.08. The molecule has 0 bridgehead atoms. The number of ether oxygens (including phenoxy) is 2. The average Bonchev–Trinajstić information content (AvgIpc) is 3.32. The number of carbonyl (C=O) groups is 1. The molecule has 0 fully saturated rings. The molecule has 2 aromatic heterocycles. The Morgan fingerprint density at radius 2 is 1.86 bits per heavy atom. The van der Waals surface area contributed by atoms with Crippen LogP contribution in [0.2, 0.25) is 0 Å². The number of amides is 1. The smallest absolute Gasteiger partial charge is 0.256 e. The molecule has 0 aliphatic carbocycles. The van der Waals surface area contributed by atoms with Gasteiger partial charge in [0.05, 0.1) is 31.2 Å². The molecule has 1 atom stereocenters. The maximum Gasteiger partial charge on any atom is 0.256 e. The third kappa shape index (κ3) is 4.19. The van der Waals surface area contributed by atoms with E-state index >= 15 is 0 Å². The predicted molar refractivity (Wildman–Crippen MR) is 132 cm³/mol. The topological polar surface area (TPSA) is 103 Å². The van der Waals surface area contributed by atoms with Gasteiger partial charge < -0.3 is 20.1 Å². The van der Waals surface area contributed by atoms with Crippen LogP contribution in [0.3, 0.4) is 0 Å². The van der Waals surface area contributed by atoms with Gasteiger partial charge in [0.1, 0.15) is 17.5 Å². The van der Waals surface area contributed by atoms with Gasteiger partial charge in [-0.15, -0.1) is 5.10 Å². The van der Waals surface area contributed by atoms with E-state index in [2.05, 4.69) is 15.6 Å². The summed E-state index contributed by atoms with van der Waals surface area (Å²) < 4.78 is 12.4. The normalized spacial score (nSPS) is 14.7. The van der Waals surface area contributed by atoms with Gasteiger partial charge in [-0.05, 0) is 43.3 Å². The van der Waals surface area contributed by atoms with Gasteiger partial charge in [0.25, 0.3) is 5.91 Å². The van der Waals surface area contributed by atoms with Crippen LogP contribution in [-0.4, -0.2) is 39.9 Å². The van der Waals surface area contributed by atoms with Gasteiger partial charge in [0, 0.05) is 17.5 Å². The molecule has 1 amide bonds. The molecule has 176 valence electrons. The van der Waals surface area contributed by atoms with E-state index < -0.39 is 6.04 Å². The molecule has 0 radical (unpaired) electrons. The third-order valence-corrected chi connectivity index (χ3v) is 5.75. The van der Waals surface area contributed by atoms with Crippen molar-refractivity contribution < 1.29 is 14.3 Å². The first-order valence-corrected chi connectivity index (χ1v) is 11.0. The molecule has 1 aliphatic rings. The number of hydrogen-bond donors (Lipinski definition) is 2. The summed E-state index contributed by atoms with van der Waals surface area (Å²) in [4.78, 5) is 22.9. The van der Waals surface area contributed by atoms with Crippen LogP contribution in [0.4, 0.5) is 11.6 Å². The number of nitrogens with one attached hydrogen (secondary N) is 2. The lowest BCUT2D eigenvalue weighted by molar-refractivity contribution is -0.113. The van der Waals surface area contributed by atoms with Crippen LogP contribution < -0.4 is 20.1 Å². The summed E-state index contributed by atoms with van der Waals surface area (Å²) in [5, 5.41) is 11.0. The standard InChI is InChI=1S/C26H24N6O3/c1-16-22(25(33)29-19-11-4-5-13-21(19)35-3)23(20-12-6-7-14-27-20)32-26(28-16)30-24(31-32)17-9-8-10-18(15-17)34-2/h4-15,23H,1-3H3,(H,29,33)(H,28,30,31)/t23-/m1/s1. The minimum absolute atomic E-state index is 0.292. The molecule has 0 saturated carbocycles. The molecule has 1 aliphatic heterocycles. The maximum atomic E-state index is 13.6. The molecule has 2 aromatic carbocycles. The van der Waals surface area contributed by atoms with E-state index in [9.17, 15) is 4.79 Å². The highest BCUT2D eigenvalue weighted by atomic mass is 16.5. The van der Waals surface area contributed by atoms with Crippen LogP contribution in [-0.2, 0) is 4.79 Å². The lowest BCUT2D eigenvalue weighted by Gasteiger charge is -2.28. The van der Waals surface area contributed by atoms with Gasteiger partial charge in [-0.1, -0.05) is 30.3 Å². The molecule has 0 unspecified atom stereocenters. The van der Waals surface area contributed by atoms with Crippen LogP contribution in [0.1, 0.15) is 18.7 Å². The highest BCUT2D eigenvalue weighted by molar-refractivity contribution is 6.06. The van der Waals surface area contributed by atoms with E-state index in [1.54, 1.807) is 37.2 Å². The number of carbonyl (C=O) groups excluding carboxylic acids is 1. The first-order chi connectivity index (χ1) is 17.1. The number of anilines is 2. The number of fused-ring (bicyclic) bond motifs is 1. The van der Waals surface area contributed by atoms with Gasteiger partial charge in [0.15, 0.2) is 5.82 Å². The van der Waals surface area contributed by atoms with Crippen molar-refractivity contribution in [2.45, 2.75) is 13.0 Å². The summed E-state index contributed by atoms with van der Waals surface area (Å²) in [6.07, 6.45) is 1.70. The van der Waals surface area contributed by atoms with Gasteiger partial charge in [-0.2, -0.15) is 4.98 Å². The quantitative estimate of drug-likeness (QED) is 0.435. The molecule has 0 saturated heterocycles. The Labute approximate surface area is 202 Å². The number of rotatable bonds is 6. The number of benzene rings is 2. The van der Waals surface area contributed by atoms with E-state index in [-0.39, 0.29) is 5.91 Å². The molecule has 2 N–H and O–H groups in total. The minimum Gasteiger partial charge on any atom is -0.497 e. The van der Waals surface area contributed by atoms with Crippen molar-refractivity contribution in [1.82, 2.24) is 19.7 Å². The largest absolute Gasteiger partial charge is 0.497 e. The second-order valence-corrected chi connectivity index (χ2v) is 7.91. The van der Waals surface area contributed by atoms with E-state index in [0.29, 0.717) is 45.9 Å². The zero-order valence-corrected chi connectivity index (χ0v) is 19.5. The van der Waals surface area contributed by atoms with Crippen molar-refractivity contribution in [2.24, 2.45) is 0 Å². The second kappa shape index (κ2) is 9.30. The number of allylic oxidation sites excluding steroid dienone is 1. The monoisotopic (exact) mass is 468 g/mol. The summed E-state index contributed by atoms with van der Waals surface area (Å²) in [5.41, 5.74) is 3.17. The van der Waals surface area contributed by atoms with Crippen molar-refractivity contribution >= 4 is 17.5 Å². The number of aromatic nitrogens is 4. The van der Waals surface area contributed by atoms with E-state index in [4.69, 9.17) is 19.6 Å². The highest BCUT2D eigenvalue weighted by Gasteiger charge is 2.35. The van der Waals surface area contributed by atoms with Crippen LogP contribution >= 0.6 is 0 Å². The molecule has 4 aromatic rings. The maximum absolute atomic E-state index is 13.6. The molecule has 9 nitrogen and oxygen atoms in total. The van der Waals surface area contributed by atoms with Crippen LogP contribution in [0.15, 0.2) is 84.2 Å². The Morgan fingerprint density at radius 1 is 1.03 bits per heavy atom. The van der Waals surface area contributed by atoms with Crippen LogP contribution in [0.25, 0.3) is 11.4 Å². The summed E-state index contributed by atoms with van der Waals surface area (Å²) in [6, 6.07) is 19.8. The number of nitrogens with zero attached hydrogens (tertiary/aromatic N) is 4. The second-order valence-electron chi connectivity index (χ2n) is 7.91. The summed E-state index contributed by atoms with van der Waals surface area (Å²) in [5.74, 6) is 2.00. The van der Waals surface area contributed by atoms with Crippen LogP contribution in [0.5, 0.6) is 11.5 Å². The molecule has 0 spiro atoms. The van der Waals surface area contributed by atoms with Gasteiger partial charge in [0.2, 0.25) is 5.95 Å². The molecule has 3 heterocycles. The van der Waals surface area contributed by atoms with Crippen molar-refractivity contribution in [1.29, 1.82) is 0 Å². The first-order valence-electron chi connectivity index (χ1n) is 11.0. The number of hydrogen-bond acceptors (Lipinski definition) is 7. The summed E-state index contributed by atoms with van der Waals surface area (Å²) in [6.45, 7) is 1.84. The van der Waals surface area contributed by atoms with Crippen molar-refractivity contribution in [3.05, 3.63) is 89.9 Å². The van der Waals surface area contributed by atoms with E-state index in [1.807, 2.05) is 61.5 Å². The van der Waals surface area contributed by atoms with E-state index in [1.165, 1.54) is 0 Å². The predicted octanol–water partition coefficient (Wildman–Crippen LogP) is 4.28. The fraction of sp³-hybridized carbons (Fsp3) is 0.154. The zero-order chi connectivity index (χ0) is 24.4. The molecule has 9 heteroatoms. The minimum atomic E-state index is -0.589. The Hall–Kier alpha value is -4.66. The Bertz CT molecular complexity index is 1410. The molecule has 35 heavy (non-hydrogen) atoms. The first kappa shape index (κ1) is 22.1. The average molecular weight is 469 g/mol. The Morgan fingerprint density at radius 3 is 2.63 bits per heavy atom. The number of para-hydroxylation sites is 2. The number of methoxy groups -OCH3 is 2. The summed E-state index contributed by atoms with van der Waals surface area (Å²) >= 11 is 0.